The summed E-state index contributed by atoms with van der Waals surface area (Å²) in [4.78, 5) is 16.2. The first-order valence-electron chi connectivity index (χ1n) is 7.96. The Morgan fingerprint density at radius 3 is 2.89 bits per heavy atom. The molecule has 2 aromatic heterocycles. The van der Waals surface area contributed by atoms with Crippen LogP contribution in [-0.4, -0.2) is 27.5 Å². The number of fused-ring (bicyclic) bond motifs is 1. The van der Waals surface area contributed by atoms with Crippen LogP contribution in [0.25, 0.3) is 11.0 Å². The molecule has 0 aliphatic carbocycles. The Kier molecular flexibility index (Phi) is 6.18. The first kappa shape index (κ1) is 19.3. The lowest BCUT2D eigenvalue weighted by Gasteiger charge is -2.11. The zero-order chi connectivity index (χ0) is 19.9. The predicted molar refractivity (Wildman–Crippen MR) is 111 cm³/mol. The van der Waals surface area contributed by atoms with Crippen molar-refractivity contribution >= 4 is 51.0 Å². The molecule has 0 saturated carbocycles. The van der Waals surface area contributed by atoms with Crippen LogP contribution in [0.1, 0.15) is 0 Å². The summed E-state index contributed by atoms with van der Waals surface area (Å²) in [6.07, 6.45) is 8.24. The third kappa shape index (κ3) is 4.63. The van der Waals surface area contributed by atoms with Gasteiger partial charge >= 0.3 is 0 Å². The second-order valence-electron chi connectivity index (χ2n) is 5.31. The Morgan fingerprint density at radius 2 is 2.14 bits per heavy atom. The van der Waals surface area contributed by atoms with Gasteiger partial charge < -0.3 is 10.1 Å². The Morgan fingerprint density at radius 1 is 1.29 bits per heavy atom. The molecule has 3 rings (SSSR count). The summed E-state index contributed by atoms with van der Waals surface area (Å²) in [5, 5.41) is 9.77. The zero-order valence-electron chi connectivity index (χ0n) is 14.4. The molecule has 3 aromatic rings. The number of pyridine rings is 1. The maximum absolute atomic E-state index is 14.5. The average Bonchev–Trinajstić information content (AvgIpc) is 2.69. The van der Waals surface area contributed by atoms with Crippen molar-refractivity contribution in [2.75, 3.05) is 5.32 Å². The maximum atomic E-state index is 14.5. The van der Waals surface area contributed by atoms with Gasteiger partial charge in [-0.05, 0) is 46.3 Å². The van der Waals surface area contributed by atoms with Gasteiger partial charge in [-0.1, -0.05) is 6.58 Å². The summed E-state index contributed by atoms with van der Waals surface area (Å²) in [5.74, 6) is 0.506. The fourth-order valence-corrected chi connectivity index (χ4v) is 2.56. The van der Waals surface area contributed by atoms with E-state index in [0.717, 1.165) is 10.8 Å². The average molecular weight is 441 g/mol. The molecule has 0 unspecified atom stereocenters. The lowest BCUT2D eigenvalue weighted by Crippen LogP contribution is -2.00. The van der Waals surface area contributed by atoms with Crippen molar-refractivity contribution in [3.05, 3.63) is 71.6 Å². The molecule has 0 atom stereocenters. The van der Waals surface area contributed by atoms with Crippen molar-refractivity contribution in [2.24, 2.45) is 4.99 Å². The van der Waals surface area contributed by atoms with Gasteiger partial charge in [0.25, 0.3) is 0 Å². The number of benzene rings is 1. The molecule has 140 valence electrons. The summed E-state index contributed by atoms with van der Waals surface area (Å²) in [6.45, 7) is 3.62. The van der Waals surface area contributed by atoms with Crippen LogP contribution < -0.4 is 10.1 Å². The number of nitrogens with one attached hydrogen (secondary N) is 2. The first-order chi connectivity index (χ1) is 13.6. The molecular weight excluding hydrogens is 427 g/mol. The second-order valence-corrected chi connectivity index (χ2v) is 6.23. The van der Waals surface area contributed by atoms with Crippen molar-refractivity contribution in [1.82, 2.24) is 15.0 Å². The number of halogens is 2. The van der Waals surface area contributed by atoms with Crippen LogP contribution >= 0.6 is 15.9 Å². The molecule has 0 aliphatic heterocycles. The molecule has 0 fully saturated rings. The molecular formula is C19H14BrFN6O. The van der Waals surface area contributed by atoms with Crippen molar-refractivity contribution < 1.29 is 9.13 Å². The fourth-order valence-electron chi connectivity index (χ4n) is 2.24. The quantitative estimate of drug-likeness (QED) is 0.238. The van der Waals surface area contributed by atoms with Gasteiger partial charge in [0, 0.05) is 23.0 Å². The maximum Gasteiger partial charge on any atom is 0.160 e. The van der Waals surface area contributed by atoms with Crippen LogP contribution in [0.5, 0.6) is 5.75 Å². The largest absolute Gasteiger partial charge is 0.457 e. The van der Waals surface area contributed by atoms with E-state index in [1.165, 1.54) is 36.8 Å². The van der Waals surface area contributed by atoms with E-state index in [0.29, 0.717) is 22.6 Å². The molecule has 28 heavy (non-hydrogen) atoms. The van der Waals surface area contributed by atoms with Gasteiger partial charge in [0.05, 0.1) is 11.2 Å². The molecule has 0 radical (unpaired) electrons. The minimum Gasteiger partial charge on any atom is -0.457 e. The van der Waals surface area contributed by atoms with Crippen molar-refractivity contribution in [1.29, 1.82) is 5.41 Å². The molecule has 9 heteroatoms. The van der Waals surface area contributed by atoms with E-state index in [4.69, 9.17) is 10.1 Å². The molecule has 7 nitrogen and oxygen atoms in total. The van der Waals surface area contributed by atoms with Crippen LogP contribution in [0.2, 0.25) is 0 Å². The Balaban J connectivity index is 1.83. The monoisotopic (exact) mass is 440 g/mol. The number of rotatable bonds is 7. The number of hydrogen-bond donors (Lipinski definition) is 2. The lowest BCUT2D eigenvalue weighted by atomic mass is 10.2. The van der Waals surface area contributed by atoms with E-state index in [1.54, 1.807) is 18.3 Å². The third-order valence-electron chi connectivity index (χ3n) is 3.47. The number of ether oxygens (including phenoxy) is 1. The van der Waals surface area contributed by atoms with Crippen LogP contribution in [0.4, 0.5) is 15.9 Å². The summed E-state index contributed by atoms with van der Waals surface area (Å²) >= 11 is 3.34. The number of allylic oxidation sites excluding steroid dienone is 2. The Hall–Kier alpha value is -3.46. The lowest BCUT2D eigenvalue weighted by molar-refractivity contribution is 0.441. The van der Waals surface area contributed by atoms with Crippen LogP contribution in [0.15, 0.2) is 70.7 Å². The van der Waals surface area contributed by atoms with Crippen LogP contribution in [0, 0.1) is 11.2 Å². The smallest absolute Gasteiger partial charge is 0.160 e. The van der Waals surface area contributed by atoms with Gasteiger partial charge in [0.2, 0.25) is 0 Å². The second kappa shape index (κ2) is 8.96. The molecule has 0 aliphatic rings. The highest BCUT2D eigenvalue weighted by Gasteiger charge is 2.10. The molecule has 0 saturated heterocycles. The predicted octanol–water partition coefficient (Wildman–Crippen LogP) is 4.80. The summed E-state index contributed by atoms with van der Waals surface area (Å²) in [5.41, 5.74) is 1.36. The molecule has 2 N–H and O–H groups in total. The minimum absolute atomic E-state index is 0.214. The normalized spacial score (nSPS) is 11.6. The van der Waals surface area contributed by atoms with Crippen molar-refractivity contribution in [2.45, 2.75) is 0 Å². The van der Waals surface area contributed by atoms with Gasteiger partial charge in [-0.3, -0.25) is 5.41 Å². The third-order valence-corrected chi connectivity index (χ3v) is 3.91. The van der Waals surface area contributed by atoms with E-state index in [1.807, 2.05) is 0 Å². The number of aromatic nitrogens is 3. The molecule has 0 amide bonds. The van der Waals surface area contributed by atoms with E-state index >= 15 is 0 Å². The zero-order valence-corrected chi connectivity index (χ0v) is 16.0. The van der Waals surface area contributed by atoms with Gasteiger partial charge in [0.1, 0.15) is 35.5 Å². The van der Waals surface area contributed by atoms with Crippen LogP contribution in [-0.2, 0) is 0 Å². The minimum atomic E-state index is -0.530. The summed E-state index contributed by atoms with van der Waals surface area (Å²) in [6, 6.07) is 6.17. The summed E-state index contributed by atoms with van der Waals surface area (Å²) in [7, 11) is 0. The van der Waals surface area contributed by atoms with Gasteiger partial charge in [-0.15, -0.1) is 0 Å². The molecule has 2 heterocycles. The summed E-state index contributed by atoms with van der Waals surface area (Å²) < 4.78 is 20.9. The highest BCUT2D eigenvalue weighted by molar-refractivity contribution is 9.10. The van der Waals surface area contributed by atoms with E-state index in [9.17, 15) is 4.39 Å². The Bertz CT molecular complexity index is 1100. The highest BCUT2D eigenvalue weighted by Crippen LogP contribution is 2.27. The van der Waals surface area contributed by atoms with Gasteiger partial charge in [0.15, 0.2) is 5.82 Å². The van der Waals surface area contributed by atoms with Crippen molar-refractivity contribution in [3.63, 3.8) is 0 Å². The SMILES string of the molecule is C=C/C(=C\C=NC=N)Oc1ccc(Nc2ncnc3cc(Br)cnc23)c(F)c1. The van der Waals surface area contributed by atoms with E-state index in [2.05, 4.69) is 47.8 Å². The van der Waals surface area contributed by atoms with Gasteiger partial charge in [-0.2, -0.15) is 0 Å². The van der Waals surface area contributed by atoms with Gasteiger partial charge in [-0.25, -0.2) is 24.3 Å². The number of aliphatic imine (C=N–C) groups is 1. The first-order valence-corrected chi connectivity index (χ1v) is 8.75. The fraction of sp³-hybridized carbons (Fsp3) is 0. The van der Waals surface area contributed by atoms with Crippen molar-refractivity contribution in [3.8, 4) is 5.75 Å². The highest BCUT2D eigenvalue weighted by atomic mass is 79.9. The molecule has 0 bridgehead atoms. The number of anilines is 2. The van der Waals surface area contributed by atoms with E-state index < -0.39 is 5.82 Å². The molecule has 1 aromatic carbocycles. The number of nitrogens with zero attached hydrogens (tertiary/aromatic N) is 4. The van der Waals surface area contributed by atoms with E-state index in [-0.39, 0.29) is 11.4 Å². The standard InChI is InChI=1S/C19H14BrFN6O/c1-2-13(5-6-23-10-22)28-14-3-4-16(15(21)8-14)27-19-18-17(25-11-26-19)7-12(20)9-24-18/h2-11,22H,1H2,(H,25,26,27)/b13-5+,22-10?,23-6?. The van der Waals surface area contributed by atoms with Crippen LogP contribution in [0.3, 0.4) is 0 Å². The number of hydrogen-bond acceptors (Lipinski definition) is 6. The topological polar surface area (TPSA) is 96.1 Å². The molecule has 0 spiro atoms. The Labute approximate surface area is 168 Å².